The first-order valence-electron chi connectivity index (χ1n) is 9.35. The molecule has 0 unspecified atom stereocenters. The predicted molar refractivity (Wildman–Crippen MR) is 108 cm³/mol. The molecule has 1 amide bonds. The van der Waals surface area contributed by atoms with Crippen molar-refractivity contribution in [2.45, 2.75) is 6.54 Å². The predicted octanol–water partition coefficient (Wildman–Crippen LogP) is 2.13. The Balaban J connectivity index is 1.31. The molecule has 1 aromatic carbocycles. The van der Waals surface area contributed by atoms with E-state index in [1.165, 1.54) is 5.69 Å². The van der Waals surface area contributed by atoms with Crippen LogP contribution < -0.4 is 15.1 Å². The molecule has 1 saturated heterocycles. The van der Waals surface area contributed by atoms with Crippen molar-refractivity contribution >= 4 is 17.5 Å². The molecule has 1 aliphatic rings. The summed E-state index contributed by atoms with van der Waals surface area (Å²) in [7, 11) is 0. The van der Waals surface area contributed by atoms with Crippen LogP contribution in [0.25, 0.3) is 0 Å². The smallest absolute Gasteiger partial charge is 0.254 e. The monoisotopic (exact) mass is 374 g/mol. The lowest BCUT2D eigenvalue weighted by molar-refractivity contribution is 0.0949. The van der Waals surface area contributed by atoms with E-state index in [0.717, 1.165) is 31.9 Å². The van der Waals surface area contributed by atoms with Gasteiger partial charge in [-0.1, -0.05) is 24.3 Å². The van der Waals surface area contributed by atoms with Gasteiger partial charge in [0.1, 0.15) is 0 Å². The van der Waals surface area contributed by atoms with Crippen molar-refractivity contribution in [3.8, 4) is 0 Å². The summed E-state index contributed by atoms with van der Waals surface area (Å²) >= 11 is 0. The van der Waals surface area contributed by atoms with Crippen molar-refractivity contribution in [1.29, 1.82) is 0 Å². The van der Waals surface area contributed by atoms with Gasteiger partial charge in [-0.15, -0.1) is 0 Å². The number of anilines is 2. The molecular formula is C21H22N6O. The normalized spacial score (nSPS) is 14.0. The summed E-state index contributed by atoms with van der Waals surface area (Å²) in [6, 6.07) is 16.0. The van der Waals surface area contributed by atoms with Gasteiger partial charge >= 0.3 is 0 Å². The van der Waals surface area contributed by atoms with E-state index in [-0.39, 0.29) is 5.91 Å². The maximum atomic E-state index is 12.3. The number of piperazine rings is 1. The summed E-state index contributed by atoms with van der Waals surface area (Å²) < 4.78 is 0. The van der Waals surface area contributed by atoms with Crippen molar-refractivity contribution in [1.82, 2.24) is 20.3 Å². The van der Waals surface area contributed by atoms with Crippen LogP contribution in [0.5, 0.6) is 0 Å². The zero-order chi connectivity index (χ0) is 19.2. The van der Waals surface area contributed by atoms with E-state index in [0.29, 0.717) is 18.1 Å². The van der Waals surface area contributed by atoms with Gasteiger partial charge in [-0.05, 0) is 24.3 Å². The Bertz CT molecular complexity index is 893. The summed E-state index contributed by atoms with van der Waals surface area (Å²) in [4.78, 5) is 29.8. The molecule has 7 heteroatoms. The molecule has 3 heterocycles. The number of carbonyl (C=O) groups is 1. The van der Waals surface area contributed by atoms with Crippen LogP contribution in [0.15, 0.2) is 67.1 Å². The lowest BCUT2D eigenvalue weighted by Gasteiger charge is -2.36. The fraction of sp³-hybridized carbons (Fsp3) is 0.238. The topological polar surface area (TPSA) is 74.2 Å². The molecule has 1 N–H and O–H groups in total. The molecule has 1 fully saturated rings. The zero-order valence-electron chi connectivity index (χ0n) is 15.5. The molecule has 0 aliphatic carbocycles. The fourth-order valence-electron chi connectivity index (χ4n) is 3.18. The minimum Gasteiger partial charge on any atom is -0.368 e. The SMILES string of the molecule is O=C(NCc1ccccn1)c1cnc(N2CCN(c3ccccc3)CC2)nc1. The second-order valence-electron chi connectivity index (χ2n) is 6.59. The van der Waals surface area contributed by atoms with Crippen LogP contribution in [0.4, 0.5) is 11.6 Å². The first-order valence-corrected chi connectivity index (χ1v) is 9.35. The van der Waals surface area contributed by atoms with Crippen molar-refractivity contribution < 1.29 is 4.79 Å². The van der Waals surface area contributed by atoms with Crippen LogP contribution in [0.2, 0.25) is 0 Å². The standard InChI is InChI=1S/C21H22N6O/c28-20(23-16-18-6-4-5-9-22-18)17-14-24-21(25-15-17)27-12-10-26(11-13-27)19-7-2-1-3-8-19/h1-9,14-15H,10-13,16H2,(H,23,28). The number of hydrogen-bond acceptors (Lipinski definition) is 6. The third-order valence-electron chi connectivity index (χ3n) is 4.74. The van der Waals surface area contributed by atoms with E-state index in [1.54, 1.807) is 18.6 Å². The van der Waals surface area contributed by atoms with Crippen LogP contribution in [-0.4, -0.2) is 47.0 Å². The van der Waals surface area contributed by atoms with E-state index in [1.807, 2.05) is 24.3 Å². The molecule has 7 nitrogen and oxygen atoms in total. The average Bonchev–Trinajstić information content (AvgIpc) is 2.79. The Morgan fingerprint density at radius 3 is 2.21 bits per heavy atom. The molecule has 2 aromatic heterocycles. The third-order valence-corrected chi connectivity index (χ3v) is 4.74. The minimum atomic E-state index is -0.203. The van der Waals surface area contributed by atoms with Gasteiger partial charge in [-0.25, -0.2) is 9.97 Å². The second kappa shape index (κ2) is 8.47. The number of nitrogens with one attached hydrogen (secondary N) is 1. The minimum absolute atomic E-state index is 0.203. The first-order chi connectivity index (χ1) is 13.8. The molecule has 0 radical (unpaired) electrons. The van der Waals surface area contributed by atoms with E-state index >= 15 is 0 Å². The number of carbonyl (C=O) groups excluding carboxylic acids is 1. The Morgan fingerprint density at radius 1 is 0.857 bits per heavy atom. The highest BCUT2D eigenvalue weighted by Crippen LogP contribution is 2.17. The molecule has 0 atom stereocenters. The highest BCUT2D eigenvalue weighted by molar-refractivity contribution is 5.93. The fourth-order valence-corrected chi connectivity index (χ4v) is 3.18. The van der Waals surface area contributed by atoms with Crippen molar-refractivity contribution in [2.75, 3.05) is 36.0 Å². The third kappa shape index (κ3) is 4.25. The molecule has 3 aromatic rings. The molecule has 28 heavy (non-hydrogen) atoms. The Morgan fingerprint density at radius 2 is 1.54 bits per heavy atom. The number of rotatable bonds is 5. The second-order valence-corrected chi connectivity index (χ2v) is 6.59. The van der Waals surface area contributed by atoms with Gasteiger partial charge in [0, 0.05) is 50.5 Å². The largest absolute Gasteiger partial charge is 0.368 e. The van der Waals surface area contributed by atoms with Crippen LogP contribution in [0.3, 0.4) is 0 Å². The van der Waals surface area contributed by atoms with Crippen LogP contribution in [-0.2, 0) is 6.54 Å². The summed E-state index contributed by atoms with van der Waals surface area (Å²) in [6.07, 6.45) is 4.87. The molecule has 142 valence electrons. The van der Waals surface area contributed by atoms with Gasteiger partial charge in [0.25, 0.3) is 5.91 Å². The van der Waals surface area contributed by atoms with Crippen LogP contribution in [0.1, 0.15) is 16.1 Å². The van der Waals surface area contributed by atoms with Gasteiger partial charge in [-0.2, -0.15) is 0 Å². The first kappa shape index (κ1) is 17.9. The maximum absolute atomic E-state index is 12.3. The van der Waals surface area contributed by atoms with Crippen molar-refractivity contribution in [3.05, 3.63) is 78.4 Å². The Kier molecular flexibility index (Phi) is 5.42. The molecular weight excluding hydrogens is 352 g/mol. The quantitative estimate of drug-likeness (QED) is 0.737. The average molecular weight is 374 g/mol. The van der Waals surface area contributed by atoms with E-state index in [2.05, 4.69) is 54.3 Å². The Labute approximate surface area is 164 Å². The molecule has 4 rings (SSSR count). The van der Waals surface area contributed by atoms with E-state index in [9.17, 15) is 4.79 Å². The number of nitrogens with zero attached hydrogens (tertiary/aromatic N) is 5. The highest BCUT2D eigenvalue weighted by atomic mass is 16.1. The molecule has 0 bridgehead atoms. The number of para-hydroxylation sites is 1. The summed E-state index contributed by atoms with van der Waals surface area (Å²) in [5.41, 5.74) is 2.50. The highest BCUT2D eigenvalue weighted by Gasteiger charge is 2.19. The van der Waals surface area contributed by atoms with Gasteiger partial charge in [-0.3, -0.25) is 9.78 Å². The molecule has 1 aliphatic heterocycles. The van der Waals surface area contributed by atoms with Crippen LogP contribution in [0, 0.1) is 0 Å². The van der Waals surface area contributed by atoms with Crippen molar-refractivity contribution in [2.24, 2.45) is 0 Å². The molecule has 0 spiro atoms. The number of aromatic nitrogens is 3. The van der Waals surface area contributed by atoms with E-state index in [4.69, 9.17) is 0 Å². The summed E-state index contributed by atoms with van der Waals surface area (Å²) in [5, 5.41) is 2.84. The van der Waals surface area contributed by atoms with Gasteiger partial charge in [0.15, 0.2) is 0 Å². The lowest BCUT2D eigenvalue weighted by atomic mass is 10.2. The number of hydrogen-bond donors (Lipinski definition) is 1. The summed E-state index contributed by atoms with van der Waals surface area (Å²) in [5.74, 6) is 0.458. The summed E-state index contributed by atoms with van der Waals surface area (Å²) in [6.45, 7) is 3.91. The van der Waals surface area contributed by atoms with Crippen LogP contribution >= 0.6 is 0 Å². The van der Waals surface area contributed by atoms with Gasteiger partial charge < -0.3 is 15.1 Å². The van der Waals surface area contributed by atoms with E-state index < -0.39 is 0 Å². The zero-order valence-corrected chi connectivity index (χ0v) is 15.5. The number of benzene rings is 1. The molecule has 0 saturated carbocycles. The van der Waals surface area contributed by atoms with Gasteiger partial charge in [0.05, 0.1) is 17.8 Å². The number of pyridine rings is 1. The lowest BCUT2D eigenvalue weighted by Crippen LogP contribution is -2.47. The van der Waals surface area contributed by atoms with Crippen molar-refractivity contribution in [3.63, 3.8) is 0 Å². The Hall–Kier alpha value is -3.48. The maximum Gasteiger partial charge on any atom is 0.254 e. The number of amides is 1. The van der Waals surface area contributed by atoms with Gasteiger partial charge in [0.2, 0.25) is 5.95 Å².